The maximum absolute atomic E-state index is 9.26. The first kappa shape index (κ1) is 15.0. The van der Waals surface area contributed by atoms with Gasteiger partial charge < -0.3 is 15.2 Å². The van der Waals surface area contributed by atoms with Crippen molar-refractivity contribution in [3.05, 3.63) is 29.3 Å². The Bertz CT molecular complexity index is 364. The van der Waals surface area contributed by atoms with Crippen molar-refractivity contribution in [1.29, 1.82) is 0 Å². The Hall–Kier alpha value is -1.06. The number of aliphatic hydroxyl groups is 1. The highest BCUT2D eigenvalue weighted by Gasteiger charge is 2.11. The molecule has 3 nitrogen and oxygen atoms in total. The number of aliphatic hydroxyl groups excluding tert-OH is 1. The van der Waals surface area contributed by atoms with Crippen LogP contribution in [0.1, 0.15) is 31.9 Å². The lowest BCUT2D eigenvalue weighted by atomic mass is 10.0. The van der Waals surface area contributed by atoms with E-state index in [0.717, 1.165) is 17.9 Å². The van der Waals surface area contributed by atoms with Crippen LogP contribution in [0.15, 0.2) is 18.2 Å². The van der Waals surface area contributed by atoms with Crippen LogP contribution >= 0.6 is 0 Å². The number of ether oxygens (including phenoxy) is 1. The molecule has 2 N–H and O–H groups in total. The van der Waals surface area contributed by atoms with E-state index < -0.39 is 0 Å². The quantitative estimate of drug-likeness (QED) is 0.782. The van der Waals surface area contributed by atoms with Crippen LogP contribution in [0.2, 0.25) is 0 Å². The van der Waals surface area contributed by atoms with Crippen LogP contribution in [0.4, 0.5) is 0 Å². The van der Waals surface area contributed by atoms with Crippen LogP contribution in [0.3, 0.4) is 0 Å². The molecule has 0 bridgehead atoms. The van der Waals surface area contributed by atoms with E-state index in [1.807, 2.05) is 13.0 Å². The minimum Gasteiger partial charge on any atom is -0.494 e. The Morgan fingerprint density at radius 3 is 2.56 bits per heavy atom. The normalized spacial score (nSPS) is 12.8. The highest BCUT2D eigenvalue weighted by Crippen LogP contribution is 2.19. The molecule has 1 atom stereocenters. The highest BCUT2D eigenvalue weighted by molar-refractivity contribution is 5.36. The van der Waals surface area contributed by atoms with Gasteiger partial charge in [-0.05, 0) is 37.0 Å². The maximum Gasteiger partial charge on any atom is 0.122 e. The number of hydrogen-bond donors (Lipinski definition) is 2. The van der Waals surface area contributed by atoms with Gasteiger partial charge in [0.05, 0.1) is 13.2 Å². The van der Waals surface area contributed by atoms with E-state index in [0.29, 0.717) is 12.5 Å². The second-order valence-corrected chi connectivity index (χ2v) is 4.95. The molecule has 0 aliphatic heterocycles. The monoisotopic (exact) mass is 251 g/mol. The van der Waals surface area contributed by atoms with Gasteiger partial charge in [-0.3, -0.25) is 0 Å². The van der Waals surface area contributed by atoms with Crippen molar-refractivity contribution >= 4 is 0 Å². The number of aryl methyl sites for hydroxylation is 1. The van der Waals surface area contributed by atoms with E-state index in [1.165, 1.54) is 5.56 Å². The van der Waals surface area contributed by atoms with Gasteiger partial charge in [-0.1, -0.05) is 26.0 Å². The molecule has 0 fully saturated rings. The summed E-state index contributed by atoms with van der Waals surface area (Å²) in [5, 5.41) is 12.6. The average Bonchev–Trinajstić information content (AvgIpc) is 2.33. The molecule has 0 radical (unpaired) electrons. The molecule has 0 aromatic heterocycles. The molecule has 0 aliphatic carbocycles. The van der Waals surface area contributed by atoms with Crippen molar-refractivity contribution in [2.75, 3.05) is 13.2 Å². The van der Waals surface area contributed by atoms with Gasteiger partial charge in [0.25, 0.3) is 0 Å². The van der Waals surface area contributed by atoms with Gasteiger partial charge in [0.15, 0.2) is 0 Å². The molecule has 1 aromatic rings. The van der Waals surface area contributed by atoms with Gasteiger partial charge >= 0.3 is 0 Å². The third kappa shape index (κ3) is 4.31. The molecule has 1 rings (SSSR count). The van der Waals surface area contributed by atoms with Crippen molar-refractivity contribution in [2.45, 2.75) is 40.3 Å². The summed E-state index contributed by atoms with van der Waals surface area (Å²) in [6.45, 7) is 9.90. The van der Waals surface area contributed by atoms with Crippen LogP contribution in [-0.2, 0) is 6.54 Å². The largest absolute Gasteiger partial charge is 0.494 e. The minimum atomic E-state index is 0.150. The zero-order chi connectivity index (χ0) is 13.5. The second kappa shape index (κ2) is 7.39. The lowest BCUT2D eigenvalue weighted by Crippen LogP contribution is -2.36. The summed E-state index contributed by atoms with van der Waals surface area (Å²) in [6, 6.07) is 6.36. The Labute approximate surface area is 110 Å². The van der Waals surface area contributed by atoms with Crippen molar-refractivity contribution < 1.29 is 9.84 Å². The molecular weight excluding hydrogens is 226 g/mol. The van der Waals surface area contributed by atoms with Crippen molar-refractivity contribution in [2.24, 2.45) is 5.92 Å². The first-order valence-electron chi connectivity index (χ1n) is 6.65. The van der Waals surface area contributed by atoms with Crippen molar-refractivity contribution in [3.63, 3.8) is 0 Å². The summed E-state index contributed by atoms with van der Waals surface area (Å²) in [5.41, 5.74) is 2.37. The standard InChI is InChI=1S/C15H25NO2/c1-5-18-15-7-6-13(8-12(15)4)9-16-14(10-17)11(2)3/h6-8,11,14,16-17H,5,9-10H2,1-4H3. The molecule has 0 saturated carbocycles. The Kier molecular flexibility index (Phi) is 6.16. The molecule has 1 unspecified atom stereocenters. The van der Waals surface area contributed by atoms with E-state index in [2.05, 4.69) is 38.2 Å². The van der Waals surface area contributed by atoms with E-state index in [9.17, 15) is 5.11 Å². The van der Waals surface area contributed by atoms with E-state index in [1.54, 1.807) is 0 Å². The average molecular weight is 251 g/mol. The summed E-state index contributed by atoms with van der Waals surface area (Å²) in [6.07, 6.45) is 0. The summed E-state index contributed by atoms with van der Waals surface area (Å²) in [5.74, 6) is 1.38. The van der Waals surface area contributed by atoms with Crippen molar-refractivity contribution in [1.82, 2.24) is 5.32 Å². The summed E-state index contributed by atoms with van der Waals surface area (Å²) < 4.78 is 5.52. The highest BCUT2D eigenvalue weighted by atomic mass is 16.5. The molecule has 0 amide bonds. The van der Waals surface area contributed by atoms with Gasteiger partial charge in [-0.15, -0.1) is 0 Å². The van der Waals surface area contributed by atoms with E-state index >= 15 is 0 Å². The second-order valence-electron chi connectivity index (χ2n) is 4.95. The Morgan fingerprint density at radius 2 is 2.06 bits per heavy atom. The van der Waals surface area contributed by atoms with Crippen LogP contribution in [0, 0.1) is 12.8 Å². The first-order valence-corrected chi connectivity index (χ1v) is 6.65. The molecule has 102 valence electrons. The SMILES string of the molecule is CCOc1ccc(CNC(CO)C(C)C)cc1C. The molecule has 0 aliphatic rings. The third-order valence-corrected chi connectivity index (χ3v) is 3.11. The lowest BCUT2D eigenvalue weighted by molar-refractivity contribution is 0.210. The van der Waals surface area contributed by atoms with E-state index in [-0.39, 0.29) is 12.6 Å². The van der Waals surface area contributed by atoms with Gasteiger partial charge in [-0.25, -0.2) is 0 Å². The maximum atomic E-state index is 9.26. The molecular formula is C15H25NO2. The number of benzene rings is 1. The topological polar surface area (TPSA) is 41.5 Å². The van der Waals surface area contributed by atoms with Crippen LogP contribution in [-0.4, -0.2) is 24.4 Å². The molecule has 0 saturated heterocycles. The number of nitrogens with one attached hydrogen (secondary N) is 1. The number of hydrogen-bond acceptors (Lipinski definition) is 3. The van der Waals surface area contributed by atoms with Gasteiger partial charge in [-0.2, -0.15) is 0 Å². The first-order chi connectivity index (χ1) is 8.58. The fourth-order valence-electron chi connectivity index (χ4n) is 1.90. The zero-order valence-electron chi connectivity index (χ0n) is 11.9. The predicted molar refractivity (Wildman–Crippen MR) is 74.9 cm³/mol. The molecule has 3 heteroatoms. The minimum absolute atomic E-state index is 0.150. The lowest BCUT2D eigenvalue weighted by Gasteiger charge is -2.20. The fraction of sp³-hybridized carbons (Fsp3) is 0.600. The van der Waals surface area contributed by atoms with Crippen LogP contribution in [0.25, 0.3) is 0 Å². The van der Waals surface area contributed by atoms with E-state index in [4.69, 9.17) is 4.74 Å². The predicted octanol–water partition coefficient (Wildman–Crippen LogP) is 2.50. The number of rotatable bonds is 7. The smallest absolute Gasteiger partial charge is 0.122 e. The Balaban J connectivity index is 2.60. The third-order valence-electron chi connectivity index (χ3n) is 3.11. The molecule has 0 heterocycles. The molecule has 1 aromatic carbocycles. The summed E-state index contributed by atoms with van der Waals surface area (Å²) in [4.78, 5) is 0. The van der Waals surface area contributed by atoms with Gasteiger partial charge in [0.2, 0.25) is 0 Å². The van der Waals surface area contributed by atoms with Crippen LogP contribution < -0.4 is 10.1 Å². The molecule has 0 spiro atoms. The summed E-state index contributed by atoms with van der Waals surface area (Å²) >= 11 is 0. The van der Waals surface area contributed by atoms with Crippen LogP contribution in [0.5, 0.6) is 5.75 Å². The fourth-order valence-corrected chi connectivity index (χ4v) is 1.90. The summed E-state index contributed by atoms with van der Waals surface area (Å²) in [7, 11) is 0. The van der Waals surface area contributed by atoms with Crippen molar-refractivity contribution in [3.8, 4) is 5.75 Å². The molecule has 18 heavy (non-hydrogen) atoms. The zero-order valence-corrected chi connectivity index (χ0v) is 11.9. The van der Waals surface area contributed by atoms with Gasteiger partial charge in [0.1, 0.15) is 5.75 Å². The Morgan fingerprint density at radius 1 is 1.33 bits per heavy atom. The van der Waals surface area contributed by atoms with Gasteiger partial charge in [0, 0.05) is 12.6 Å².